The van der Waals surface area contributed by atoms with Crippen molar-refractivity contribution in [3.8, 4) is 0 Å². The number of amides is 2. The molecule has 0 aliphatic carbocycles. The highest BCUT2D eigenvalue weighted by Gasteiger charge is 2.23. The Morgan fingerprint density at radius 1 is 1.38 bits per heavy atom. The van der Waals surface area contributed by atoms with Crippen LogP contribution in [0.15, 0.2) is 30.3 Å². The zero-order valence-electron chi connectivity index (χ0n) is 12.4. The summed E-state index contributed by atoms with van der Waals surface area (Å²) in [6, 6.07) is 9.07. The van der Waals surface area contributed by atoms with Crippen molar-refractivity contribution < 1.29 is 9.59 Å². The summed E-state index contributed by atoms with van der Waals surface area (Å²) < 4.78 is 0. The molecule has 1 aromatic rings. The van der Waals surface area contributed by atoms with Gasteiger partial charge in [0.2, 0.25) is 11.8 Å². The molecule has 1 heterocycles. The van der Waals surface area contributed by atoms with E-state index < -0.39 is 6.04 Å². The van der Waals surface area contributed by atoms with E-state index in [9.17, 15) is 9.59 Å². The van der Waals surface area contributed by atoms with Crippen molar-refractivity contribution >= 4 is 11.8 Å². The maximum absolute atomic E-state index is 12.1. The van der Waals surface area contributed by atoms with E-state index in [1.165, 1.54) is 0 Å². The SMILES string of the molecule is CC(CN1CCCC1=O)NC(=O)C(N)Cc1ccccc1. The van der Waals surface area contributed by atoms with E-state index in [1.807, 2.05) is 37.3 Å². The Balaban J connectivity index is 1.78. The number of benzene rings is 1. The molecule has 0 spiro atoms. The van der Waals surface area contributed by atoms with Crippen LogP contribution in [-0.2, 0) is 16.0 Å². The predicted molar refractivity (Wildman–Crippen MR) is 81.5 cm³/mol. The first-order valence-corrected chi connectivity index (χ1v) is 7.44. The Bertz CT molecular complexity index is 490. The van der Waals surface area contributed by atoms with Crippen molar-refractivity contribution in [1.29, 1.82) is 0 Å². The van der Waals surface area contributed by atoms with Crippen LogP contribution in [0, 0.1) is 0 Å². The first-order chi connectivity index (χ1) is 10.1. The molecule has 1 aliphatic rings. The van der Waals surface area contributed by atoms with E-state index in [1.54, 1.807) is 4.90 Å². The van der Waals surface area contributed by atoms with Crippen molar-refractivity contribution in [3.05, 3.63) is 35.9 Å². The van der Waals surface area contributed by atoms with Gasteiger partial charge in [-0.05, 0) is 25.3 Å². The van der Waals surface area contributed by atoms with Gasteiger partial charge < -0.3 is 16.0 Å². The molecule has 21 heavy (non-hydrogen) atoms. The van der Waals surface area contributed by atoms with Gasteiger partial charge >= 0.3 is 0 Å². The molecule has 1 saturated heterocycles. The van der Waals surface area contributed by atoms with E-state index in [-0.39, 0.29) is 17.9 Å². The molecule has 0 bridgehead atoms. The molecule has 2 atom stereocenters. The van der Waals surface area contributed by atoms with Gasteiger partial charge in [0.1, 0.15) is 0 Å². The Kier molecular flexibility index (Phi) is 5.33. The lowest BCUT2D eigenvalue weighted by Gasteiger charge is -2.23. The van der Waals surface area contributed by atoms with Gasteiger partial charge in [-0.1, -0.05) is 30.3 Å². The zero-order valence-corrected chi connectivity index (χ0v) is 12.4. The number of nitrogens with one attached hydrogen (secondary N) is 1. The summed E-state index contributed by atoms with van der Waals surface area (Å²) in [7, 11) is 0. The van der Waals surface area contributed by atoms with Crippen LogP contribution in [0.5, 0.6) is 0 Å². The molecule has 2 unspecified atom stereocenters. The fourth-order valence-corrected chi connectivity index (χ4v) is 2.58. The van der Waals surface area contributed by atoms with Crippen LogP contribution in [0.25, 0.3) is 0 Å². The van der Waals surface area contributed by atoms with E-state index in [4.69, 9.17) is 5.73 Å². The quantitative estimate of drug-likeness (QED) is 0.809. The van der Waals surface area contributed by atoms with E-state index in [0.29, 0.717) is 19.4 Å². The second-order valence-corrected chi connectivity index (χ2v) is 5.65. The van der Waals surface area contributed by atoms with Crippen LogP contribution in [0.1, 0.15) is 25.3 Å². The fraction of sp³-hybridized carbons (Fsp3) is 0.500. The maximum atomic E-state index is 12.1. The third kappa shape index (κ3) is 4.56. The maximum Gasteiger partial charge on any atom is 0.237 e. The van der Waals surface area contributed by atoms with Gasteiger partial charge in [0, 0.05) is 25.6 Å². The molecule has 5 heteroatoms. The summed E-state index contributed by atoms with van der Waals surface area (Å²) in [5.41, 5.74) is 6.98. The van der Waals surface area contributed by atoms with Gasteiger partial charge in [-0.15, -0.1) is 0 Å². The first kappa shape index (κ1) is 15.5. The Morgan fingerprint density at radius 3 is 2.71 bits per heavy atom. The number of nitrogens with zero attached hydrogens (tertiary/aromatic N) is 1. The smallest absolute Gasteiger partial charge is 0.237 e. The number of rotatable bonds is 6. The van der Waals surface area contributed by atoms with Crippen LogP contribution in [0.4, 0.5) is 0 Å². The van der Waals surface area contributed by atoms with Crippen molar-refractivity contribution in [2.45, 2.75) is 38.3 Å². The number of nitrogens with two attached hydrogens (primary N) is 1. The van der Waals surface area contributed by atoms with Gasteiger partial charge in [0.05, 0.1) is 6.04 Å². The van der Waals surface area contributed by atoms with E-state index in [0.717, 1.165) is 18.5 Å². The third-order valence-electron chi connectivity index (χ3n) is 3.69. The van der Waals surface area contributed by atoms with Crippen molar-refractivity contribution in [1.82, 2.24) is 10.2 Å². The third-order valence-corrected chi connectivity index (χ3v) is 3.69. The number of likely N-dealkylation sites (tertiary alicyclic amines) is 1. The average molecular weight is 289 g/mol. The Hall–Kier alpha value is -1.88. The summed E-state index contributed by atoms with van der Waals surface area (Å²) in [4.78, 5) is 25.4. The molecule has 0 radical (unpaired) electrons. The molecular weight excluding hydrogens is 266 g/mol. The normalized spacial score (nSPS) is 17.6. The van der Waals surface area contributed by atoms with Gasteiger partial charge in [0.25, 0.3) is 0 Å². The predicted octanol–water partition coefficient (Wildman–Crippen LogP) is 0.684. The van der Waals surface area contributed by atoms with Crippen molar-refractivity contribution in [2.75, 3.05) is 13.1 Å². The van der Waals surface area contributed by atoms with Gasteiger partial charge in [-0.25, -0.2) is 0 Å². The minimum Gasteiger partial charge on any atom is -0.351 e. The Morgan fingerprint density at radius 2 is 2.10 bits per heavy atom. The molecule has 0 saturated carbocycles. The van der Waals surface area contributed by atoms with Gasteiger partial charge in [-0.2, -0.15) is 0 Å². The highest BCUT2D eigenvalue weighted by atomic mass is 16.2. The lowest BCUT2D eigenvalue weighted by Crippen LogP contribution is -2.49. The topological polar surface area (TPSA) is 75.4 Å². The van der Waals surface area contributed by atoms with E-state index in [2.05, 4.69) is 5.32 Å². The number of hydrogen-bond donors (Lipinski definition) is 2. The second-order valence-electron chi connectivity index (χ2n) is 5.65. The molecule has 3 N–H and O–H groups in total. The molecule has 2 rings (SSSR count). The van der Waals surface area contributed by atoms with Crippen LogP contribution >= 0.6 is 0 Å². The standard InChI is InChI=1S/C16H23N3O2/c1-12(11-19-9-5-8-15(19)20)18-16(21)14(17)10-13-6-3-2-4-7-13/h2-4,6-7,12,14H,5,8-11,17H2,1H3,(H,18,21). The van der Waals surface area contributed by atoms with Crippen molar-refractivity contribution in [2.24, 2.45) is 5.73 Å². The first-order valence-electron chi connectivity index (χ1n) is 7.44. The second kappa shape index (κ2) is 7.22. The molecule has 114 valence electrons. The molecule has 2 amide bonds. The largest absolute Gasteiger partial charge is 0.351 e. The van der Waals surface area contributed by atoms with Gasteiger partial charge in [-0.3, -0.25) is 9.59 Å². The van der Waals surface area contributed by atoms with E-state index >= 15 is 0 Å². The number of carbonyl (C=O) groups excluding carboxylic acids is 2. The molecule has 5 nitrogen and oxygen atoms in total. The lowest BCUT2D eigenvalue weighted by atomic mass is 10.1. The zero-order chi connectivity index (χ0) is 15.2. The molecule has 1 aliphatic heterocycles. The lowest BCUT2D eigenvalue weighted by molar-refractivity contribution is -0.129. The average Bonchev–Trinajstić information content (AvgIpc) is 2.85. The molecule has 1 aromatic carbocycles. The summed E-state index contributed by atoms with van der Waals surface area (Å²) in [5.74, 6) is 0.00248. The number of hydrogen-bond acceptors (Lipinski definition) is 3. The Labute approximate surface area is 125 Å². The molecular formula is C16H23N3O2. The van der Waals surface area contributed by atoms with Crippen LogP contribution < -0.4 is 11.1 Å². The van der Waals surface area contributed by atoms with Gasteiger partial charge in [0.15, 0.2) is 0 Å². The van der Waals surface area contributed by atoms with Crippen molar-refractivity contribution in [3.63, 3.8) is 0 Å². The summed E-state index contributed by atoms with van der Waals surface area (Å²) in [6.07, 6.45) is 2.04. The fourth-order valence-electron chi connectivity index (χ4n) is 2.58. The highest BCUT2D eigenvalue weighted by molar-refractivity contribution is 5.82. The van der Waals surface area contributed by atoms with Crippen LogP contribution in [0.2, 0.25) is 0 Å². The van der Waals surface area contributed by atoms with Crippen LogP contribution in [-0.4, -0.2) is 41.9 Å². The summed E-state index contributed by atoms with van der Waals surface area (Å²) in [6.45, 7) is 3.25. The number of carbonyl (C=O) groups is 2. The minimum atomic E-state index is -0.566. The monoisotopic (exact) mass is 289 g/mol. The summed E-state index contributed by atoms with van der Waals surface area (Å²) in [5, 5.41) is 2.89. The van der Waals surface area contributed by atoms with Crippen LogP contribution in [0.3, 0.4) is 0 Å². The minimum absolute atomic E-state index is 0.0821. The summed E-state index contributed by atoms with van der Waals surface area (Å²) >= 11 is 0. The molecule has 1 fully saturated rings. The molecule has 0 aromatic heterocycles. The highest BCUT2D eigenvalue weighted by Crippen LogP contribution is 2.10.